The predicted molar refractivity (Wildman–Crippen MR) is 116 cm³/mol. The number of fused-ring (bicyclic) bond motifs is 1. The third kappa shape index (κ3) is 3.75. The molecular formula is C20H23N9S. The van der Waals surface area contributed by atoms with E-state index in [1.807, 2.05) is 54.0 Å². The maximum atomic E-state index is 4.80. The molecule has 0 spiro atoms. The quantitative estimate of drug-likeness (QED) is 0.486. The van der Waals surface area contributed by atoms with Crippen molar-refractivity contribution in [3.8, 4) is 11.3 Å². The Morgan fingerprint density at radius 3 is 2.73 bits per heavy atom. The normalized spacial score (nSPS) is 15.7. The monoisotopic (exact) mass is 421 g/mol. The van der Waals surface area contributed by atoms with Gasteiger partial charge >= 0.3 is 0 Å². The first-order chi connectivity index (χ1) is 14.7. The molecule has 0 aliphatic carbocycles. The van der Waals surface area contributed by atoms with Gasteiger partial charge in [-0.05, 0) is 50.2 Å². The second-order valence-corrected chi connectivity index (χ2v) is 8.46. The van der Waals surface area contributed by atoms with Gasteiger partial charge in [-0.2, -0.15) is 14.0 Å². The zero-order valence-corrected chi connectivity index (χ0v) is 17.8. The van der Waals surface area contributed by atoms with Gasteiger partial charge in [-0.1, -0.05) is 0 Å². The van der Waals surface area contributed by atoms with Crippen LogP contribution in [-0.4, -0.2) is 66.2 Å². The zero-order chi connectivity index (χ0) is 20.5. The first-order valence-electron chi connectivity index (χ1n) is 10.0. The zero-order valence-electron chi connectivity index (χ0n) is 17.0. The van der Waals surface area contributed by atoms with Crippen LogP contribution in [0, 0.1) is 0 Å². The number of hydrogen-bond acceptors (Lipinski definition) is 9. The summed E-state index contributed by atoms with van der Waals surface area (Å²) >= 11 is 1.45. The van der Waals surface area contributed by atoms with Gasteiger partial charge in [0.15, 0.2) is 17.3 Å². The molecule has 5 rings (SSSR count). The Morgan fingerprint density at radius 1 is 1.13 bits per heavy atom. The summed E-state index contributed by atoms with van der Waals surface area (Å²) in [6.45, 7) is 2.76. The smallest absolute Gasteiger partial charge is 0.204 e. The lowest BCUT2D eigenvalue weighted by Gasteiger charge is -2.30. The third-order valence-electron chi connectivity index (χ3n) is 5.40. The van der Waals surface area contributed by atoms with Crippen molar-refractivity contribution in [3.05, 3.63) is 48.3 Å². The van der Waals surface area contributed by atoms with Crippen molar-refractivity contribution in [3.63, 3.8) is 0 Å². The van der Waals surface area contributed by atoms with Gasteiger partial charge in [0, 0.05) is 49.5 Å². The van der Waals surface area contributed by atoms with Gasteiger partial charge in [0.05, 0.1) is 12.2 Å². The summed E-state index contributed by atoms with van der Waals surface area (Å²) in [6, 6.07) is 7.87. The molecule has 0 atom stereocenters. The third-order valence-corrected chi connectivity index (χ3v) is 6.32. The Hall–Kier alpha value is -2.98. The Labute approximate surface area is 178 Å². The number of pyridine rings is 1. The van der Waals surface area contributed by atoms with Gasteiger partial charge in [-0.15, -0.1) is 10.2 Å². The van der Waals surface area contributed by atoms with Crippen molar-refractivity contribution < 1.29 is 0 Å². The molecule has 0 saturated carbocycles. The molecule has 0 bridgehead atoms. The molecule has 0 unspecified atom stereocenters. The van der Waals surface area contributed by atoms with Crippen LogP contribution < -0.4 is 4.90 Å². The van der Waals surface area contributed by atoms with Crippen LogP contribution >= 0.6 is 11.5 Å². The Balaban J connectivity index is 1.29. The largest absolute Gasteiger partial charge is 0.353 e. The minimum atomic E-state index is 0.341. The molecule has 0 N–H and O–H groups in total. The van der Waals surface area contributed by atoms with Crippen LogP contribution in [0.1, 0.15) is 30.4 Å². The lowest BCUT2D eigenvalue weighted by molar-refractivity contribution is 0.197. The van der Waals surface area contributed by atoms with Crippen LogP contribution in [0.25, 0.3) is 16.9 Å². The lowest BCUT2D eigenvalue weighted by atomic mass is 9.96. The first-order valence-corrected chi connectivity index (χ1v) is 10.8. The van der Waals surface area contributed by atoms with Crippen LogP contribution in [-0.2, 0) is 6.54 Å². The topological polar surface area (TPSA) is 88.2 Å². The van der Waals surface area contributed by atoms with E-state index in [-0.39, 0.29) is 0 Å². The van der Waals surface area contributed by atoms with Gasteiger partial charge < -0.3 is 4.90 Å². The van der Waals surface area contributed by atoms with E-state index in [1.165, 1.54) is 11.5 Å². The van der Waals surface area contributed by atoms with E-state index >= 15 is 0 Å². The van der Waals surface area contributed by atoms with Gasteiger partial charge in [0.1, 0.15) is 0 Å². The molecule has 0 amide bonds. The number of anilines is 1. The second kappa shape index (κ2) is 8.04. The summed E-state index contributed by atoms with van der Waals surface area (Å²) in [6.07, 6.45) is 5.63. The van der Waals surface area contributed by atoms with Crippen molar-refractivity contribution in [2.75, 3.05) is 32.1 Å². The highest BCUT2D eigenvalue weighted by Gasteiger charge is 2.26. The highest BCUT2D eigenvalue weighted by molar-refractivity contribution is 7.09. The fourth-order valence-corrected chi connectivity index (χ4v) is 4.36. The fraction of sp³-hybridized carbons (Fsp3) is 0.400. The minimum absolute atomic E-state index is 0.341. The summed E-state index contributed by atoms with van der Waals surface area (Å²) in [4.78, 5) is 13.2. The number of piperidine rings is 1. The maximum Gasteiger partial charge on any atom is 0.204 e. The van der Waals surface area contributed by atoms with Gasteiger partial charge in [0.25, 0.3) is 0 Å². The molecule has 1 fully saturated rings. The van der Waals surface area contributed by atoms with Gasteiger partial charge in [0.2, 0.25) is 5.13 Å². The molecule has 5 heterocycles. The maximum absolute atomic E-state index is 4.80. The van der Waals surface area contributed by atoms with E-state index < -0.39 is 0 Å². The van der Waals surface area contributed by atoms with E-state index in [9.17, 15) is 0 Å². The van der Waals surface area contributed by atoms with E-state index in [0.29, 0.717) is 5.92 Å². The van der Waals surface area contributed by atoms with Crippen molar-refractivity contribution in [2.45, 2.75) is 25.3 Å². The van der Waals surface area contributed by atoms with Gasteiger partial charge in [-0.25, -0.2) is 4.98 Å². The van der Waals surface area contributed by atoms with E-state index in [4.69, 9.17) is 5.10 Å². The predicted octanol–water partition coefficient (Wildman–Crippen LogP) is 2.48. The molecular weight excluding hydrogens is 398 g/mol. The van der Waals surface area contributed by atoms with E-state index in [1.54, 1.807) is 6.20 Å². The van der Waals surface area contributed by atoms with Crippen molar-refractivity contribution in [1.82, 2.24) is 39.1 Å². The van der Waals surface area contributed by atoms with E-state index in [0.717, 1.165) is 66.2 Å². The fourth-order valence-electron chi connectivity index (χ4n) is 3.77. The van der Waals surface area contributed by atoms with Crippen molar-refractivity contribution in [2.24, 2.45) is 0 Å². The second-order valence-electron chi connectivity index (χ2n) is 7.73. The summed E-state index contributed by atoms with van der Waals surface area (Å²) < 4.78 is 6.38. The number of likely N-dealkylation sites (tertiary alicyclic amines) is 1. The number of aromatic nitrogens is 7. The molecule has 4 aromatic heterocycles. The molecule has 0 aromatic carbocycles. The summed E-state index contributed by atoms with van der Waals surface area (Å²) in [5.74, 6) is 2.18. The Morgan fingerprint density at radius 2 is 2.00 bits per heavy atom. The SMILES string of the molecule is CN(C)c1nc(CN2CCC(c3nnc4ccc(-c5cccnc5)nn34)CC2)ns1. The average molecular weight is 422 g/mol. The van der Waals surface area contributed by atoms with Crippen molar-refractivity contribution in [1.29, 1.82) is 0 Å². The van der Waals surface area contributed by atoms with E-state index in [2.05, 4.69) is 29.4 Å². The highest BCUT2D eigenvalue weighted by atomic mass is 32.1. The average Bonchev–Trinajstić information content (AvgIpc) is 3.42. The lowest BCUT2D eigenvalue weighted by Crippen LogP contribution is -2.33. The molecule has 1 aliphatic rings. The van der Waals surface area contributed by atoms with Crippen LogP contribution in [0.5, 0.6) is 0 Å². The Kier molecular flexibility index (Phi) is 5.09. The van der Waals surface area contributed by atoms with Crippen LogP contribution in [0.2, 0.25) is 0 Å². The first kappa shape index (κ1) is 19.0. The minimum Gasteiger partial charge on any atom is -0.353 e. The molecule has 4 aromatic rings. The summed E-state index contributed by atoms with van der Waals surface area (Å²) in [5, 5.41) is 14.6. The molecule has 154 valence electrons. The van der Waals surface area contributed by atoms with Crippen molar-refractivity contribution >= 4 is 22.3 Å². The molecule has 30 heavy (non-hydrogen) atoms. The van der Waals surface area contributed by atoms with Crippen LogP contribution in [0.3, 0.4) is 0 Å². The molecule has 1 saturated heterocycles. The van der Waals surface area contributed by atoms with Gasteiger partial charge in [-0.3, -0.25) is 9.88 Å². The molecule has 10 heteroatoms. The number of hydrogen-bond donors (Lipinski definition) is 0. The molecule has 1 aliphatic heterocycles. The number of nitrogens with zero attached hydrogens (tertiary/aromatic N) is 9. The molecule has 0 radical (unpaired) electrons. The standard InChI is InChI=1S/C20H23N9S/c1-27(2)20-22-17(26-30-20)13-28-10-7-14(8-11-28)19-24-23-18-6-5-16(25-29(18)19)15-4-3-9-21-12-15/h3-6,9,12,14H,7-8,10-11,13H2,1-2H3. The van der Waals surface area contributed by atoms with Crippen LogP contribution in [0.4, 0.5) is 5.13 Å². The Bertz CT molecular complexity index is 1130. The van der Waals surface area contributed by atoms with Crippen LogP contribution in [0.15, 0.2) is 36.7 Å². The summed E-state index contributed by atoms with van der Waals surface area (Å²) in [7, 11) is 3.98. The number of rotatable bonds is 5. The molecule has 9 nitrogen and oxygen atoms in total. The highest BCUT2D eigenvalue weighted by Crippen LogP contribution is 2.28. The summed E-state index contributed by atoms with van der Waals surface area (Å²) in [5.41, 5.74) is 2.64.